The lowest BCUT2D eigenvalue weighted by Gasteiger charge is -2.41. The first kappa shape index (κ1) is 14.7. The molecule has 5 heteroatoms. The lowest BCUT2D eigenvalue weighted by molar-refractivity contribution is 0.00888. The van der Waals surface area contributed by atoms with Crippen LogP contribution in [-0.4, -0.2) is 48.3 Å². The fraction of sp³-hybridized carbons (Fsp3) is 0.500. The summed E-state index contributed by atoms with van der Waals surface area (Å²) in [5.41, 5.74) is 1.21. The molecule has 4 rings (SSSR count). The third kappa shape index (κ3) is 3.26. The van der Waals surface area contributed by atoms with Crippen molar-refractivity contribution in [3.8, 4) is 0 Å². The first-order valence-electron chi connectivity index (χ1n) is 8.43. The smallest absolute Gasteiger partial charge is 0.117 e. The predicted molar refractivity (Wildman–Crippen MR) is 88.3 cm³/mol. The van der Waals surface area contributed by atoms with Crippen molar-refractivity contribution < 1.29 is 9.15 Å². The van der Waals surface area contributed by atoms with Crippen molar-refractivity contribution in [3.63, 3.8) is 0 Å². The zero-order valence-electron chi connectivity index (χ0n) is 13.3. The Morgan fingerprint density at radius 1 is 1.13 bits per heavy atom. The van der Waals surface area contributed by atoms with Gasteiger partial charge in [0.15, 0.2) is 0 Å². The fourth-order valence-electron chi connectivity index (χ4n) is 3.76. The Bertz CT molecular complexity index is 602. The van der Waals surface area contributed by atoms with E-state index in [1.54, 1.807) is 6.26 Å². The van der Waals surface area contributed by atoms with Crippen LogP contribution in [0.25, 0.3) is 0 Å². The lowest BCUT2D eigenvalue weighted by atomic mass is 10.0. The summed E-state index contributed by atoms with van der Waals surface area (Å²) in [4.78, 5) is 9.24. The van der Waals surface area contributed by atoms with Gasteiger partial charge in [0.1, 0.15) is 5.76 Å². The van der Waals surface area contributed by atoms with Crippen LogP contribution in [-0.2, 0) is 11.3 Å². The third-order valence-corrected chi connectivity index (χ3v) is 4.90. The number of aromatic nitrogens is 1. The molecule has 2 aliphatic heterocycles. The highest BCUT2D eigenvalue weighted by Crippen LogP contribution is 2.28. The SMILES string of the molecule is c1cncc(N2CCO[C@H]3CCN(Cc4ccco4)CC[C@@H]32)c1. The first-order chi connectivity index (χ1) is 11.4. The molecule has 0 radical (unpaired) electrons. The number of morpholine rings is 1. The van der Waals surface area contributed by atoms with E-state index in [2.05, 4.69) is 26.9 Å². The molecule has 5 nitrogen and oxygen atoms in total. The maximum atomic E-state index is 6.08. The Labute approximate surface area is 136 Å². The monoisotopic (exact) mass is 313 g/mol. The van der Waals surface area contributed by atoms with Gasteiger partial charge in [-0.1, -0.05) is 0 Å². The highest BCUT2D eigenvalue weighted by molar-refractivity contribution is 5.45. The molecule has 2 aromatic heterocycles. The number of hydrogen-bond donors (Lipinski definition) is 0. The first-order valence-corrected chi connectivity index (χ1v) is 8.43. The largest absolute Gasteiger partial charge is 0.468 e. The summed E-state index contributed by atoms with van der Waals surface area (Å²) in [6, 6.07) is 8.62. The van der Waals surface area contributed by atoms with E-state index in [0.29, 0.717) is 12.1 Å². The van der Waals surface area contributed by atoms with Crippen LogP contribution in [0.2, 0.25) is 0 Å². The van der Waals surface area contributed by atoms with Gasteiger partial charge < -0.3 is 14.1 Å². The number of hydrogen-bond acceptors (Lipinski definition) is 5. The number of fused-ring (bicyclic) bond motifs is 1. The van der Waals surface area contributed by atoms with E-state index in [9.17, 15) is 0 Å². The Kier molecular flexibility index (Phi) is 4.30. The number of anilines is 1. The summed E-state index contributed by atoms with van der Waals surface area (Å²) in [6.07, 6.45) is 8.04. The molecule has 0 N–H and O–H groups in total. The standard InChI is InChI=1S/C18H23N3O2/c1-3-15(13-19-7-1)21-10-12-23-18-6-9-20(8-5-17(18)21)14-16-4-2-11-22-16/h1-4,7,11,13,17-18H,5-6,8-10,12,14H2/t17-,18-/m0/s1. The van der Waals surface area contributed by atoms with E-state index in [1.165, 1.54) is 5.69 Å². The van der Waals surface area contributed by atoms with E-state index in [1.807, 2.05) is 24.5 Å². The minimum atomic E-state index is 0.311. The molecule has 2 aliphatic rings. The van der Waals surface area contributed by atoms with Gasteiger partial charge in [-0.2, -0.15) is 0 Å². The van der Waals surface area contributed by atoms with Crippen molar-refractivity contribution in [1.29, 1.82) is 0 Å². The average Bonchev–Trinajstić information content (AvgIpc) is 3.02. The molecule has 2 saturated heterocycles. The molecule has 0 amide bonds. The predicted octanol–water partition coefficient (Wildman–Crippen LogP) is 2.54. The van der Waals surface area contributed by atoms with Crippen molar-refractivity contribution in [1.82, 2.24) is 9.88 Å². The molecule has 0 aliphatic carbocycles. The fourth-order valence-corrected chi connectivity index (χ4v) is 3.76. The van der Waals surface area contributed by atoms with Crippen LogP contribution in [0.15, 0.2) is 47.3 Å². The Balaban J connectivity index is 1.47. The van der Waals surface area contributed by atoms with E-state index < -0.39 is 0 Å². The number of furan rings is 1. The molecule has 0 saturated carbocycles. The minimum Gasteiger partial charge on any atom is -0.468 e. The van der Waals surface area contributed by atoms with Crippen molar-refractivity contribution in [2.45, 2.75) is 31.5 Å². The highest BCUT2D eigenvalue weighted by atomic mass is 16.5. The van der Waals surface area contributed by atoms with Crippen LogP contribution >= 0.6 is 0 Å². The van der Waals surface area contributed by atoms with Gasteiger partial charge in [0, 0.05) is 25.8 Å². The second-order valence-corrected chi connectivity index (χ2v) is 6.31. The van der Waals surface area contributed by atoms with E-state index >= 15 is 0 Å². The second kappa shape index (κ2) is 6.72. The van der Waals surface area contributed by atoms with Crippen molar-refractivity contribution >= 4 is 5.69 Å². The Morgan fingerprint density at radius 2 is 2.09 bits per heavy atom. The van der Waals surface area contributed by atoms with Gasteiger partial charge in [-0.15, -0.1) is 0 Å². The minimum absolute atomic E-state index is 0.311. The summed E-state index contributed by atoms with van der Waals surface area (Å²) < 4.78 is 11.6. The normalized spacial score (nSPS) is 25.8. The van der Waals surface area contributed by atoms with Gasteiger partial charge >= 0.3 is 0 Å². The molecule has 122 valence electrons. The number of pyridine rings is 1. The van der Waals surface area contributed by atoms with Gasteiger partial charge in [0.05, 0.1) is 43.4 Å². The van der Waals surface area contributed by atoms with Crippen LogP contribution in [0.4, 0.5) is 5.69 Å². The summed E-state index contributed by atoms with van der Waals surface area (Å²) >= 11 is 0. The topological polar surface area (TPSA) is 41.7 Å². The van der Waals surface area contributed by atoms with Gasteiger partial charge in [-0.25, -0.2) is 0 Å². The van der Waals surface area contributed by atoms with Crippen molar-refractivity contribution in [2.75, 3.05) is 31.1 Å². The van der Waals surface area contributed by atoms with Crippen molar-refractivity contribution in [3.05, 3.63) is 48.7 Å². The molecule has 0 unspecified atom stereocenters. The zero-order valence-corrected chi connectivity index (χ0v) is 13.3. The van der Waals surface area contributed by atoms with Crippen LogP contribution in [0, 0.1) is 0 Å². The van der Waals surface area contributed by atoms with Gasteiger partial charge in [0.25, 0.3) is 0 Å². The Morgan fingerprint density at radius 3 is 2.91 bits per heavy atom. The summed E-state index contributed by atoms with van der Waals surface area (Å²) in [7, 11) is 0. The summed E-state index contributed by atoms with van der Waals surface area (Å²) in [6.45, 7) is 4.77. The molecular weight excluding hydrogens is 290 g/mol. The maximum Gasteiger partial charge on any atom is 0.117 e. The van der Waals surface area contributed by atoms with Crippen molar-refractivity contribution in [2.24, 2.45) is 0 Å². The number of rotatable bonds is 3. The molecule has 4 heterocycles. The van der Waals surface area contributed by atoms with Crippen LogP contribution in [0.1, 0.15) is 18.6 Å². The second-order valence-electron chi connectivity index (χ2n) is 6.31. The van der Waals surface area contributed by atoms with E-state index in [4.69, 9.17) is 9.15 Å². The molecular formula is C18H23N3O2. The molecule has 0 aromatic carbocycles. The third-order valence-electron chi connectivity index (χ3n) is 4.90. The van der Waals surface area contributed by atoms with Crippen LogP contribution < -0.4 is 4.90 Å². The zero-order chi connectivity index (χ0) is 15.5. The quantitative estimate of drug-likeness (QED) is 0.871. The van der Waals surface area contributed by atoms with Gasteiger partial charge in [-0.05, 0) is 37.1 Å². The van der Waals surface area contributed by atoms with E-state index in [0.717, 1.165) is 51.4 Å². The van der Waals surface area contributed by atoms with Gasteiger partial charge in [-0.3, -0.25) is 9.88 Å². The molecule has 2 fully saturated rings. The molecule has 2 atom stereocenters. The van der Waals surface area contributed by atoms with E-state index in [-0.39, 0.29) is 0 Å². The summed E-state index contributed by atoms with van der Waals surface area (Å²) in [5, 5.41) is 0. The molecule has 0 bridgehead atoms. The number of ether oxygens (including phenoxy) is 1. The Hall–Kier alpha value is -1.85. The molecule has 2 aromatic rings. The average molecular weight is 313 g/mol. The lowest BCUT2D eigenvalue weighted by Crippen LogP contribution is -2.51. The van der Waals surface area contributed by atoms with Gasteiger partial charge in [0.2, 0.25) is 0 Å². The number of nitrogens with zero attached hydrogens (tertiary/aromatic N) is 3. The maximum absolute atomic E-state index is 6.08. The highest BCUT2D eigenvalue weighted by Gasteiger charge is 2.35. The summed E-state index contributed by atoms with van der Waals surface area (Å²) in [5.74, 6) is 1.04. The molecule has 23 heavy (non-hydrogen) atoms. The van der Waals surface area contributed by atoms with Crippen LogP contribution in [0.5, 0.6) is 0 Å². The van der Waals surface area contributed by atoms with Crippen LogP contribution in [0.3, 0.4) is 0 Å². The molecule has 0 spiro atoms. The number of likely N-dealkylation sites (tertiary alicyclic amines) is 1.